The number of nitrogens with zero attached hydrogens (tertiary/aromatic N) is 4. The van der Waals surface area contributed by atoms with Gasteiger partial charge in [0.25, 0.3) is 5.69 Å². The molecule has 0 aliphatic rings. The molecule has 28 heavy (non-hydrogen) atoms. The molecule has 3 rings (SSSR count). The first-order valence-electron chi connectivity index (χ1n) is 8.18. The van der Waals surface area contributed by atoms with E-state index in [2.05, 4.69) is 15.5 Å². The fourth-order valence-corrected chi connectivity index (χ4v) is 3.47. The minimum atomic E-state index is -0.460. The Kier molecular flexibility index (Phi) is 5.96. The molecule has 3 aromatic rings. The Hall–Kier alpha value is -2.91. The minimum Gasteiger partial charge on any atom is -0.325 e. The van der Waals surface area contributed by atoms with Crippen LogP contribution in [0.2, 0.25) is 5.02 Å². The predicted molar refractivity (Wildman–Crippen MR) is 109 cm³/mol. The molecule has 1 N–H and O–H groups in total. The van der Waals surface area contributed by atoms with Gasteiger partial charge in [0, 0.05) is 35.5 Å². The highest BCUT2D eigenvalue weighted by molar-refractivity contribution is 7.99. The topological polar surface area (TPSA) is 103 Å². The van der Waals surface area contributed by atoms with Crippen LogP contribution in [0.4, 0.5) is 11.4 Å². The molecule has 1 heterocycles. The van der Waals surface area contributed by atoms with Crippen LogP contribution >= 0.6 is 23.4 Å². The summed E-state index contributed by atoms with van der Waals surface area (Å²) >= 11 is 7.15. The number of non-ortho nitro benzene ring substituents is 1. The fraction of sp³-hybridized carbons (Fsp3) is 0.167. The Balaban J connectivity index is 1.68. The number of nitrogens with one attached hydrogen (secondary N) is 1. The lowest BCUT2D eigenvalue weighted by atomic mass is 10.2. The lowest BCUT2D eigenvalue weighted by Crippen LogP contribution is -2.15. The summed E-state index contributed by atoms with van der Waals surface area (Å²) in [4.78, 5) is 22.7. The van der Waals surface area contributed by atoms with E-state index in [4.69, 9.17) is 11.6 Å². The van der Waals surface area contributed by atoms with Gasteiger partial charge in [0.15, 0.2) is 11.0 Å². The summed E-state index contributed by atoms with van der Waals surface area (Å²) in [7, 11) is 1.75. The van der Waals surface area contributed by atoms with Crippen molar-refractivity contribution in [2.24, 2.45) is 7.05 Å². The zero-order valence-corrected chi connectivity index (χ0v) is 16.6. The summed E-state index contributed by atoms with van der Waals surface area (Å²) in [6.45, 7) is 1.86. The highest BCUT2D eigenvalue weighted by atomic mass is 35.5. The molecule has 0 spiro atoms. The third-order valence-electron chi connectivity index (χ3n) is 3.94. The van der Waals surface area contributed by atoms with Gasteiger partial charge in [-0.2, -0.15) is 0 Å². The van der Waals surface area contributed by atoms with Crippen LogP contribution in [0.5, 0.6) is 0 Å². The number of halogens is 1. The number of amides is 1. The average molecular weight is 418 g/mol. The van der Waals surface area contributed by atoms with Crippen LogP contribution in [0, 0.1) is 17.0 Å². The summed E-state index contributed by atoms with van der Waals surface area (Å²) < 4.78 is 1.70. The zero-order valence-electron chi connectivity index (χ0n) is 15.0. The van der Waals surface area contributed by atoms with Gasteiger partial charge in [-0.05, 0) is 30.7 Å². The highest BCUT2D eigenvalue weighted by Crippen LogP contribution is 2.26. The van der Waals surface area contributed by atoms with Crippen molar-refractivity contribution in [2.45, 2.75) is 12.1 Å². The van der Waals surface area contributed by atoms with Crippen LogP contribution in [-0.4, -0.2) is 31.3 Å². The number of hydrogen-bond acceptors (Lipinski definition) is 6. The van der Waals surface area contributed by atoms with Crippen LogP contribution in [0.1, 0.15) is 5.56 Å². The molecule has 10 heteroatoms. The molecule has 0 fully saturated rings. The molecule has 0 atom stereocenters. The lowest BCUT2D eigenvalue weighted by Gasteiger charge is -2.08. The molecule has 0 aliphatic carbocycles. The summed E-state index contributed by atoms with van der Waals surface area (Å²) in [6.07, 6.45) is 0. The van der Waals surface area contributed by atoms with Gasteiger partial charge in [-0.1, -0.05) is 35.5 Å². The van der Waals surface area contributed by atoms with Crippen molar-refractivity contribution in [2.75, 3.05) is 11.1 Å². The smallest absolute Gasteiger partial charge is 0.270 e. The SMILES string of the molecule is Cc1cc(Cl)ccc1NC(=O)CSc1nnc(-c2cccc([N+](=O)[O-])c2)n1C. The fourth-order valence-electron chi connectivity index (χ4n) is 2.53. The summed E-state index contributed by atoms with van der Waals surface area (Å²) in [5, 5.41) is 23.1. The van der Waals surface area contributed by atoms with Crippen LogP contribution in [-0.2, 0) is 11.8 Å². The third kappa shape index (κ3) is 4.49. The number of nitro benzene ring substituents is 1. The maximum absolute atomic E-state index is 12.2. The van der Waals surface area contributed by atoms with E-state index in [9.17, 15) is 14.9 Å². The van der Waals surface area contributed by atoms with E-state index in [1.807, 2.05) is 6.92 Å². The van der Waals surface area contributed by atoms with Crippen molar-refractivity contribution in [3.8, 4) is 11.4 Å². The maximum atomic E-state index is 12.2. The van der Waals surface area contributed by atoms with E-state index < -0.39 is 4.92 Å². The number of nitro groups is 1. The molecule has 8 nitrogen and oxygen atoms in total. The number of aromatic nitrogens is 3. The number of rotatable bonds is 6. The highest BCUT2D eigenvalue weighted by Gasteiger charge is 2.15. The van der Waals surface area contributed by atoms with E-state index in [1.54, 1.807) is 41.9 Å². The number of carbonyl (C=O) groups is 1. The Morgan fingerprint density at radius 2 is 2.07 bits per heavy atom. The first-order valence-corrected chi connectivity index (χ1v) is 9.54. The molecule has 0 radical (unpaired) electrons. The molecule has 0 unspecified atom stereocenters. The molecule has 144 valence electrons. The van der Waals surface area contributed by atoms with E-state index in [0.717, 1.165) is 5.56 Å². The van der Waals surface area contributed by atoms with Crippen LogP contribution in [0.3, 0.4) is 0 Å². The van der Waals surface area contributed by atoms with Crippen LogP contribution in [0.25, 0.3) is 11.4 Å². The van der Waals surface area contributed by atoms with E-state index in [1.165, 1.54) is 23.9 Å². The number of carbonyl (C=O) groups excluding carboxylic acids is 1. The van der Waals surface area contributed by atoms with Crippen LogP contribution in [0.15, 0.2) is 47.6 Å². The second kappa shape index (κ2) is 8.41. The third-order valence-corrected chi connectivity index (χ3v) is 5.20. The largest absolute Gasteiger partial charge is 0.325 e. The molecule has 0 saturated heterocycles. The number of hydrogen-bond donors (Lipinski definition) is 1. The van der Waals surface area contributed by atoms with E-state index in [0.29, 0.717) is 27.3 Å². The van der Waals surface area contributed by atoms with Gasteiger partial charge in [0.1, 0.15) is 0 Å². The minimum absolute atomic E-state index is 0.0209. The lowest BCUT2D eigenvalue weighted by molar-refractivity contribution is -0.384. The van der Waals surface area contributed by atoms with Crippen molar-refractivity contribution in [1.82, 2.24) is 14.8 Å². The molecule has 2 aromatic carbocycles. The molecular formula is C18H16ClN5O3S. The first-order chi connectivity index (χ1) is 13.3. The van der Waals surface area contributed by atoms with Crippen molar-refractivity contribution in [1.29, 1.82) is 0 Å². The van der Waals surface area contributed by atoms with Crippen molar-refractivity contribution in [3.05, 3.63) is 63.2 Å². The van der Waals surface area contributed by atoms with Gasteiger partial charge < -0.3 is 9.88 Å². The Morgan fingerprint density at radius 1 is 1.29 bits per heavy atom. The number of benzene rings is 2. The quantitative estimate of drug-likeness (QED) is 0.368. The average Bonchev–Trinajstić information content (AvgIpc) is 3.03. The Bertz CT molecular complexity index is 1050. The number of anilines is 1. The molecule has 0 bridgehead atoms. The zero-order chi connectivity index (χ0) is 20.3. The predicted octanol–water partition coefficient (Wildman–Crippen LogP) is 4.08. The molecule has 0 saturated carbocycles. The Labute approximate surface area is 170 Å². The van der Waals surface area contributed by atoms with Gasteiger partial charge in [-0.25, -0.2) is 0 Å². The van der Waals surface area contributed by atoms with Gasteiger partial charge in [-0.15, -0.1) is 10.2 Å². The van der Waals surface area contributed by atoms with Gasteiger partial charge in [0.05, 0.1) is 10.7 Å². The Morgan fingerprint density at radius 3 is 2.79 bits per heavy atom. The van der Waals surface area contributed by atoms with Crippen molar-refractivity contribution < 1.29 is 9.72 Å². The molecule has 0 aliphatic heterocycles. The monoisotopic (exact) mass is 417 g/mol. The number of thioether (sulfide) groups is 1. The van der Waals surface area contributed by atoms with Crippen LogP contribution < -0.4 is 5.32 Å². The van der Waals surface area contributed by atoms with E-state index >= 15 is 0 Å². The molecular weight excluding hydrogens is 402 g/mol. The van der Waals surface area contributed by atoms with Crippen molar-refractivity contribution in [3.63, 3.8) is 0 Å². The second-order valence-corrected chi connectivity index (χ2v) is 7.35. The number of aryl methyl sites for hydroxylation is 1. The molecule has 1 aromatic heterocycles. The summed E-state index contributed by atoms with van der Waals surface area (Å²) in [5.74, 6) is 0.443. The summed E-state index contributed by atoms with van der Waals surface area (Å²) in [6, 6.07) is 11.4. The van der Waals surface area contributed by atoms with Crippen molar-refractivity contribution >= 4 is 40.6 Å². The van der Waals surface area contributed by atoms with Gasteiger partial charge >= 0.3 is 0 Å². The maximum Gasteiger partial charge on any atom is 0.270 e. The van der Waals surface area contributed by atoms with Gasteiger partial charge in [-0.3, -0.25) is 14.9 Å². The van der Waals surface area contributed by atoms with Gasteiger partial charge in [0.2, 0.25) is 5.91 Å². The normalized spacial score (nSPS) is 10.7. The van der Waals surface area contributed by atoms with E-state index in [-0.39, 0.29) is 17.3 Å². The second-order valence-electron chi connectivity index (χ2n) is 5.97. The summed E-state index contributed by atoms with van der Waals surface area (Å²) in [5.41, 5.74) is 2.13. The first kappa shape index (κ1) is 19.8. The standard InChI is InChI=1S/C18H16ClN5O3S/c1-11-8-13(19)6-7-15(11)20-16(25)10-28-18-22-21-17(23(18)2)12-4-3-5-14(9-12)24(26)27/h3-9H,10H2,1-2H3,(H,20,25). The molecule has 1 amide bonds.